The van der Waals surface area contributed by atoms with Crippen LogP contribution in [0.1, 0.15) is 26.5 Å². The smallest absolute Gasteiger partial charge is 0.282 e. The number of nitrogens with two attached hydrogens (primary N) is 2. The van der Waals surface area contributed by atoms with Gasteiger partial charge in [0.05, 0.1) is 40.7 Å². The Morgan fingerprint density at radius 1 is 1.18 bits per heavy atom. The molecule has 1 atom stereocenters. The monoisotopic (exact) mass is 449 g/mol. The van der Waals surface area contributed by atoms with Gasteiger partial charge in [-0.05, 0) is 50.6 Å². The highest BCUT2D eigenvalue weighted by atomic mass is 16.5. The number of amidine groups is 1. The highest BCUT2D eigenvalue weighted by Gasteiger charge is 2.30. The topological polar surface area (TPSA) is 123 Å². The number of amides is 1. The van der Waals surface area contributed by atoms with Crippen LogP contribution >= 0.6 is 0 Å². The molecule has 2 aliphatic heterocycles. The molecule has 4 N–H and O–H groups in total. The van der Waals surface area contributed by atoms with Crippen LogP contribution in [-0.4, -0.2) is 71.2 Å². The summed E-state index contributed by atoms with van der Waals surface area (Å²) in [5.41, 5.74) is 15.3. The van der Waals surface area contributed by atoms with E-state index in [9.17, 15) is 4.79 Å². The molecule has 174 valence electrons. The molecule has 0 bridgehead atoms. The number of nitrogens with zero attached hydrogens (tertiary/aromatic N) is 5. The molecule has 4 rings (SSSR count). The van der Waals surface area contributed by atoms with Crippen molar-refractivity contribution >= 4 is 34.2 Å². The van der Waals surface area contributed by atoms with Crippen LogP contribution < -0.4 is 16.4 Å². The average Bonchev–Trinajstić information content (AvgIpc) is 2.87. The molecule has 1 unspecified atom stereocenters. The predicted octanol–water partition coefficient (Wildman–Crippen LogP) is 1.69. The number of rotatable bonds is 3. The van der Waals surface area contributed by atoms with E-state index in [1.165, 1.54) is 0 Å². The van der Waals surface area contributed by atoms with Crippen molar-refractivity contribution in [2.45, 2.75) is 32.4 Å². The first kappa shape index (κ1) is 22.7. The molecule has 2 aliphatic rings. The van der Waals surface area contributed by atoms with Gasteiger partial charge in [0.1, 0.15) is 6.10 Å². The fourth-order valence-corrected chi connectivity index (χ4v) is 3.90. The molecule has 0 aromatic carbocycles. The Morgan fingerprint density at radius 3 is 2.67 bits per heavy atom. The molecular weight excluding hydrogens is 418 g/mol. The van der Waals surface area contributed by atoms with E-state index in [4.69, 9.17) is 21.2 Å². The quantitative estimate of drug-likeness (QED) is 0.731. The zero-order valence-corrected chi connectivity index (χ0v) is 19.4. The van der Waals surface area contributed by atoms with Crippen molar-refractivity contribution < 1.29 is 9.53 Å². The van der Waals surface area contributed by atoms with Crippen LogP contribution in [0.3, 0.4) is 0 Å². The zero-order valence-electron chi connectivity index (χ0n) is 19.4. The van der Waals surface area contributed by atoms with Gasteiger partial charge in [-0.25, -0.2) is 9.98 Å². The fraction of sp³-hybridized carbons (Fsp3) is 0.417. The van der Waals surface area contributed by atoms with E-state index in [2.05, 4.69) is 20.9 Å². The van der Waals surface area contributed by atoms with Crippen LogP contribution in [0.15, 0.2) is 47.6 Å². The van der Waals surface area contributed by atoms with Gasteiger partial charge >= 0.3 is 0 Å². The van der Waals surface area contributed by atoms with E-state index in [0.717, 1.165) is 41.1 Å². The largest absolute Gasteiger partial charge is 0.458 e. The summed E-state index contributed by atoms with van der Waals surface area (Å²) < 4.78 is 5.49. The Kier molecular flexibility index (Phi) is 6.33. The Morgan fingerprint density at radius 2 is 1.94 bits per heavy atom. The van der Waals surface area contributed by atoms with Crippen LogP contribution in [0.4, 0.5) is 5.69 Å². The van der Waals surface area contributed by atoms with E-state index in [1.807, 2.05) is 48.4 Å². The maximum absolute atomic E-state index is 12.5. The Hall–Kier alpha value is -3.46. The summed E-state index contributed by atoms with van der Waals surface area (Å²) >= 11 is 0. The van der Waals surface area contributed by atoms with Gasteiger partial charge in [-0.3, -0.25) is 9.78 Å². The van der Waals surface area contributed by atoms with Gasteiger partial charge in [0.25, 0.3) is 6.02 Å². The molecule has 2 aromatic heterocycles. The summed E-state index contributed by atoms with van der Waals surface area (Å²) in [6.07, 6.45) is 7.58. The molecule has 1 saturated heterocycles. The summed E-state index contributed by atoms with van der Waals surface area (Å²) in [5.74, 6) is -0.0211. The number of pyridine rings is 2. The number of piperazine rings is 1. The van der Waals surface area contributed by atoms with Gasteiger partial charge in [0, 0.05) is 26.2 Å². The molecular formula is C24H31N7O2. The molecule has 33 heavy (non-hydrogen) atoms. The summed E-state index contributed by atoms with van der Waals surface area (Å²) in [6, 6.07) is 6.17. The number of ether oxygens (including phenoxy) is 1. The minimum atomic E-state index is -0.854. The lowest BCUT2D eigenvalue weighted by Crippen LogP contribution is -2.57. The van der Waals surface area contributed by atoms with Gasteiger partial charge < -0.3 is 26.0 Å². The normalized spacial score (nSPS) is 19.8. The number of allylic oxidation sites excluding steroid dienone is 2. The molecule has 0 saturated carbocycles. The second-order valence-corrected chi connectivity index (χ2v) is 8.95. The molecule has 1 fully saturated rings. The standard InChI is InChI=1S/C24H31N7O2/c1-16-4-5-17(8-9-27-23(25)33-16)19-6-7-20-21(29-19)14-18(15-28-20)30-10-12-31(13-11-30)22(32)24(2,3)26/h4-8,14-16H,9-13,26H2,1-3H3,(H2,25,27). The first-order valence-electron chi connectivity index (χ1n) is 11.2. The molecule has 9 nitrogen and oxygen atoms in total. The van der Waals surface area contributed by atoms with Crippen molar-refractivity contribution in [2.24, 2.45) is 16.5 Å². The van der Waals surface area contributed by atoms with Crippen LogP contribution in [0.5, 0.6) is 0 Å². The minimum Gasteiger partial charge on any atom is -0.458 e. The lowest BCUT2D eigenvalue weighted by Gasteiger charge is -2.38. The number of fused-ring (bicyclic) bond motifs is 1. The lowest BCUT2D eigenvalue weighted by molar-refractivity contribution is -0.136. The summed E-state index contributed by atoms with van der Waals surface area (Å²) in [7, 11) is 0. The van der Waals surface area contributed by atoms with Crippen molar-refractivity contribution in [3.8, 4) is 0 Å². The zero-order chi connectivity index (χ0) is 23.6. The SMILES string of the molecule is CC1C=CC(c2ccc3ncc(N4CCN(C(=O)C(C)(C)N)CC4)cc3n2)=CCN=C(N)O1. The van der Waals surface area contributed by atoms with Crippen LogP contribution in [0, 0.1) is 0 Å². The van der Waals surface area contributed by atoms with Crippen molar-refractivity contribution in [2.75, 3.05) is 37.6 Å². The molecule has 0 aliphatic carbocycles. The van der Waals surface area contributed by atoms with Gasteiger partial charge in [-0.2, -0.15) is 0 Å². The fourth-order valence-electron chi connectivity index (χ4n) is 3.90. The third-order valence-electron chi connectivity index (χ3n) is 5.71. The van der Waals surface area contributed by atoms with E-state index < -0.39 is 5.54 Å². The number of hydrogen-bond acceptors (Lipinski definition) is 8. The third kappa shape index (κ3) is 5.31. The molecule has 9 heteroatoms. The molecule has 4 heterocycles. The molecule has 2 aromatic rings. The minimum absolute atomic E-state index is 0.0211. The number of anilines is 1. The first-order chi connectivity index (χ1) is 15.7. The maximum atomic E-state index is 12.5. The summed E-state index contributed by atoms with van der Waals surface area (Å²) in [5, 5.41) is 0. The predicted molar refractivity (Wildman–Crippen MR) is 131 cm³/mol. The number of carbonyl (C=O) groups is 1. The second-order valence-electron chi connectivity index (χ2n) is 8.95. The third-order valence-corrected chi connectivity index (χ3v) is 5.71. The van der Waals surface area contributed by atoms with Crippen molar-refractivity contribution in [3.63, 3.8) is 0 Å². The second kappa shape index (κ2) is 9.19. The Balaban J connectivity index is 1.55. The van der Waals surface area contributed by atoms with Crippen molar-refractivity contribution in [3.05, 3.63) is 48.3 Å². The van der Waals surface area contributed by atoms with Gasteiger partial charge in [-0.1, -0.05) is 12.2 Å². The number of aromatic nitrogens is 2. The Bertz CT molecular complexity index is 1130. The number of hydrogen-bond donors (Lipinski definition) is 2. The highest BCUT2D eigenvalue weighted by Crippen LogP contribution is 2.23. The lowest BCUT2D eigenvalue weighted by atomic mass is 10.0. The van der Waals surface area contributed by atoms with Gasteiger partial charge in [0.15, 0.2) is 0 Å². The van der Waals surface area contributed by atoms with Gasteiger partial charge in [0.2, 0.25) is 5.91 Å². The van der Waals surface area contributed by atoms with Crippen molar-refractivity contribution in [1.29, 1.82) is 0 Å². The average molecular weight is 450 g/mol. The van der Waals surface area contributed by atoms with E-state index in [-0.39, 0.29) is 18.0 Å². The van der Waals surface area contributed by atoms with E-state index in [1.54, 1.807) is 13.8 Å². The highest BCUT2D eigenvalue weighted by molar-refractivity contribution is 5.86. The maximum Gasteiger partial charge on any atom is 0.282 e. The number of aliphatic imine (C=N–C) groups is 1. The van der Waals surface area contributed by atoms with E-state index >= 15 is 0 Å². The molecule has 0 spiro atoms. The van der Waals surface area contributed by atoms with Gasteiger partial charge in [-0.15, -0.1) is 0 Å². The summed E-state index contributed by atoms with van der Waals surface area (Å²) in [4.78, 5) is 30.2. The van der Waals surface area contributed by atoms with Crippen LogP contribution in [0.25, 0.3) is 16.6 Å². The molecule has 1 amide bonds. The Labute approximate surface area is 193 Å². The van der Waals surface area contributed by atoms with Crippen LogP contribution in [-0.2, 0) is 9.53 Å². The van der Waals surface area contributed by atoms with E-state index in [0.29, 0.717) is 19.6 Å². The molecule has 0 radical (unpaired) electrons. The number of carbonyl (C=O) groups excluding carboxylic acids is 1. The van der Waals surface area contributed by atoms with Crippen LogP contribution in [0.2, 0.25) is 0 Å². The van der Waals surface area contributed by atoms with Crippen molar-refractivity contribution in [1.82, 2.24) is 14.9 Å². The summed E-state index contributed by atoms with van der Waals surface area (Å²) in [6.45, 7) is 8.52. The first-order valence-corrected chi connectivity index (χ1v) is 11.2.